The highest BCUT2D eigenvalue weighted by Crippen LogP contribution is 2.28. The Morgan fingerprint density at radius 2 is 1.23 bits per heavy atom. The zero-order valence-electron chi connectivity index (χ0n) is 17.0. The van der Waals surface area contributed by atoms with Crippen LogP contribution in [0.3, 0.4) is 0 Å². The quantitative estimate of drug-likeness (QED) is 0.441. The van der Waals surface area contributed by atoms with Crippen molar-refractivity contribution in [1.82, 2.24) is 0 Å². The van der Waals surface area contributed by atoms with E-state index in [0.717, 1.165) is 21.6 Å². The number of hydrogen-bond donors (Lipinski definition) is 0. The standard InChI is InChI=1S/C26H20O3S/c1-19(27)30-24-15-11-21(12-16-24)10-14-23-18-25(28-2)22(17-26(23)29-3)13-9-20-7-5-4-6-8-20/h4-8,11-12,15-18H,1-3H3. The molecule has 0 aliphatic carbocycles. The second-order valence-electron chi connectivity index (χ2n) is 6.24. The van der Waals surface area contributed by atoms with Crippen LogP contribution in [-0.2, 0) is 4.79 Å². The molecule has 0 aliphatic heterocycles. The van der Waals surface area contributed by atoms with Gasteiger partial charge in [-0.3, -0.25) is 4.79 Å². The Morgan fingerprint density at radius 1 is 0.733 bits per heavy atom. The molecule has 0 N–H and O–H groups in total. The lowest BCUT2D eigenvalue weighted by molar-refractivity contribution is -0.109. The average molecular weight is 413 g/mol. The summed E-state index contributed by atoms with van der Waals surface area (Å²) >= 11 is 1.20. The van der Waals surface area contributed by atoms with Crippen molar-refractivity contribution < 1.29 is 14.3 Å². The van der Waals surface area contributed by atoms with Crippen molar-refractivity contribution in [3.63, 3.8) is 0 Å². The van der Waals surface area contributed by atoms with Gasteiger partial charge in [-0.25, -0.2) is 0 Å². The predicted octanol–water partition coefficient (Wildman–Crippen LogP) is 5.14. The van der Waals surface area contributed by atoms with Crippen molar-refractivity contribution in [3.05, 3.63) is 89.0 Å². The molecule has 0 heterocycles. The lowest BCUT2D eigenvalue weighted by Gasteiger charge is -2.09. The van der Waals surface area contributed by atoms with Crippen LogP contribution in [0.1, 0.15) is 29.2 Å². The van der Waals surface area contributed by atoms with E-state index >= 15 is 0 Å². The lowest BCUT2D eigenvalue weighted by atomic mass is 10.1. The van der Waals surface area contributed by atoms with Gasteiger partial charge in [0.25, 0.3) is 0 Å². The Bertz CT molecular complexity index is 1160. The molecular weight excluding hydrogens is 392 g/mol. The zero-order valence-corrected chi connectivity index (χ0v) is 17.8. The first-order valence-corrected chi connectivity index (χ1v) is 10.0. The molecule has 0 spiro atoms. The van der Waals surface area contributed by atoms with Crippen LogP contribution in [0.15, 0.2) is 71.6 Å². The highest BCUT2D eigenvalue weighted by Gasteiger charge is 2.08. The number of benzene rings is 3. The fourth-order valence-corrected chi connectivity index (χ4v) is 3.27. The second kappa shape index (κ2) is 10.3. The van der Waals surface area contributed by atoms with Crippen LogP contribution in [0.25, 0.3) is 0 Å². The topological polar surface area (TPSA) is 35.5 Å². The highest BCUT2D eigenvalue weighted by atomic mass is 32.2. The van der Waals surface area contributed by atoms with Gasteiger partial charge in [0.2, 0.25) is 0 Å². The van der Waals surface area contributed by atoms with Crippen molar-refractivity contribution >= 4 is 16.9 Å². The molecule has 4 heteroatoms. The Hall–Kier alpha value is -3.60. The molecule has 0 saturated heterocycles. The largest absolute Gasteiger partial charge is 0.495 e. The van der Waals surface area contributed by atoms with E-state index in [-0.39, 0.29) is 5.12 Å². The molecule has 0 aliphatic rings. The van der Waals surface area contributed by atoms with Gasteiger partial charge in [-0.2, -0.15) is 0 Å². The van der Waals surface area contributed by atoms with E-state index < -0.39 is 0 Å². The fourth-order valence-electron chi connectivity index (χ4n) is 2.67. The minimum atomic E-state index is 0.0566. The van der Waals surface area contributed by atoms with Crippen molar-refractivity contribution in [2.45, 2.75) is 11.8 Å². The molecule has 0 bridgehead atoms. The third-order valence-corrected chi connectivity index (χ3v) is 4.89. The summed E-state index contributed by atoms with van der Waals surface area (Å²) in [5.74, 6) is 13.8. The molecule has 3 aromatic rings. The van der Waals surface area contributed by atoms with Crippen LogP contribution in [0.2, 0.25) is 0 Å². The molecule has 0 radical (unpaired) electrons. The van der Waals surface area contributed by atoms with E-state index in [9.17, 15) is 4.79 Å². The maximum Gasteiger partial charge on any atom is 0.190 e. The Balaban J connectivity index is 1.90. The van der Waals surface area contributed by atoms with Crippen molar-refractivity contribution in [3.8, 4) is 35.2 Å². The van der Waals surface area contributed by atoms with E-state index in [4.69, 9.17) is 9.47 Å². The normalized spacial score (nSPS) is 9.57. The molecule has 3 nitrogen and oxygen atoms in total. The number of methoxy groups -OCH3 is 2. The summed E-state index contributed by atoms with van der Waals surface area (Å²) in [7, 11) is 3.22. The molecule has 0 atom stereocenters. The van der Waals surface area contributed by atoms with Gasteiger partial charge in [0.1, 0.15) is 11.5 Å². The second-order valence-corrected chi connectivity index (χ2v) is 7.49. The summed E-state index contributed by atoms with van der Waals surface area (Å²) in [6.45, 7) is 1.55. The number of thioether (sulfide) groups is 1. The van der Waals surface area contributed by atoms with Crippen LogP contribution in [0.4, 0.5) is 0 Å². The maximum atomic E-state index is 11.2. The first-order chi connectivity index (χ1) is 14.6. The average Bonchev–Trinajstić information content (AvgIpc) is 2.77. The van der Waals surface area contributed by atoms with Gasteiger partial charge in [-0.05, 0) is 36.4 Å². The molecule has 0 aromatic heterocycles. The number of ether oxygens (including phenoxy) is 2. The van der Waals surface area contributed by atoms with Crippen molar-refractivity contribution in [1.29, 1.82) is 0 Å². The minimum absolute atomic E-state index is 0.0566. The van der Waals surface area contributed by atoms with E-state index in [1.807, 2.05) is 66.7 Å². The number of carbonyl (C=O) groups excluding carboxylic acids is 1. The molecule has 148 valence electrons. The van der Waals surface area contributed by atoms with Crippen LogP contribution < -0.4 is 9.47 Å². The van der Waals surface area contributed by atoms with Gasteiger partial charge in [-0.1, -0.05) is 53.6 Å². The van der Waals surface area contributed by atoms with E-state index in [1.165, 1.54) is 11.8 Å². The summed E-state index contributed by atoms with van der Waals surface area (Å²) < 4.78 is 11.0. The van der Waals surface area contributed by atoms with Gasteiger partial charge in [0, 0.05) is 35.1 Å². The summed E-state index contributed by atoms with van der Waals surface area (Å²) in [4.78, 5) is 12.1. The van der Waals surface area contributed by atoms with Gasteiger partial charge >= 0.3 is 0 Å². The Morgan fingerprint density at radius 3 is 1.70 bits per heavy atom. The van der Waals surface area contributed by atoms with E-state index in [0.29, 0.717) is 17.1 Å². The van der Waals surface area contributed by atoms with Crippen LogP contribution in [0.5, 0.6) is 11.5 Å². The van der Waals surface area contributed by atoms with E-state index in [1.54, 1.807) is 21.1 Å². The molecular formula is C26H20O3S. The molecule has 3 aromatic carbocycles. The summed E-state index contributed by atoms with van der Waals surface area (Å²) in [6, 6.07) is 21.0. The lowest BCUT2D eigenvalue weighted by Crippen LogP contribution is -1.94. The van der Waals surface area contributed by atoms with Gasteiger partial charge in [0.05, 0.1) is 25.3 Å². The van der Waals surface area contributed by atoms with Gasteiger partial charge < -0.3 is 9.47 Å². The van der Waals surface area contributed by atoms with Gasteiger partial charge in [-0.15, -0.1) is 0 Å². The van der Waals surface area contributed by atoms with Crippen molar-refractivity contribution in [2.75, 3.05) is 14.2 Å². The van der Waals surface area contributed by atoms with Crippen molar-refractivity contribution in [2.24, 2.45) is 0 Å². The Kier molecular flexibility index (Phi) is 7.22. The van der Waals surface area contributed by atoms with E-state index in [2.05, 4.69) is 23.7 Å². The zero-order chi connectivity index (χ0) is 21.3. The predicted molar refractivity (Wildman–Crippen MR) is 121 cm³/mol. The molecule has 3 rings (SSSR count). The summed E-state index contributed by atoms with van der Waals surface area (Å²) in [6.07, 6.45) is 0. The Labute approximate surface area is 181 Å². The first kappa shape index (κ1) is 21.1. The molecule has 0 saturated carbocycles. The minimum Gasteiger partial charge on any atom is -0.495 e. The first-order valence-electron chi connectivity index (χ1n) is 9.22. The third kappa shape index (κ3) is 5.70. The molecule has 30 heavy (non-hydrogen) atoms. The number of hydrogen-bond acceptors (Lipinski definition) is 4. The smallest absolute Gasteiger partial charge is 0.190 e. The fraction of sp³-hybridized carbons (Fsp3) is 0.115. The molecule has 0 unspecified atom stereocenters. The van der Waals surface area contributed by atoms with Crippen LogP contribution in [0, 0.1) is 23.7 Å². The summed E-state index contributed by atoms with van der Waals surface area (Å²) in [5, 5.41) is 0.0566. The van der Waals surface area contributed by atoms with Crippen LogP contribution in [-0.4, -0.2) is 19.3 Å². The number of rotatable bonds is 3. The molecule has 0 amide bonds. The SMILES string of the molecule is COc1cc(C#Cc2ccc(SC(C)=O)cc2)c(OC)cc1C#Cc1ccccc1. The molecule has 0 fully saturated rings. The summed E-state index contributed by atoms with van der Waals surface area (Å²) in [5.41, 5.74) is 3.21. The third-order valence-electron chi connectivity index (χ3n) is 4.09. The monoisotopic (exact) mass is 412 g/mol. The van der Waals surface area contributed by atoms with Crippen LogP contribution >= 0.6 is 11.8 Å². The highest BCUT2D eigenvalue weighted by molar-refractivity contribution is 8.13. The maximum absolute atomic E-state index is 11.2. The van der Waals surface area contributed by atoms with Gasteiger partial charge in [0.15, 0.2) is 5.12 Å². The number of carbonyl (C=O) groups is 1.